The molecule has 25 heavy (non-hydrogen) atoms. The van der Waals surface area contributed by atoms with E-state index in [9.17, 15) is 9.59 Å². The molecule has 1 aromatic heterocycles. The van der Waals surface area contributed by atoms with Gasteiger partial charge in [-0.25, -0.2) is 4.79 Å². The predicted molar refractivity (Wildman–Crippen MR) is 99.3 cm³/mol. The number of aromatic nitrogens is 1. The maximum Gasteiger partial charge on any atom is 0.355 e. The van der Waals surface area contributed by atoms with Crippen LogP contribution in [0.4, 0.5) is 0 Å². The van der Waals surface area contributed by atoms with Crippen molar-refractivity contribution in [1.29, 1.82) is 0 Å². The van der Waals surface area contributed by atoms with E-state index in [0.29, 0.717) is 5.69 Å². The summed E-state index contributed by atoms with van der Waals surface area (Å²) in [6, 6.07) is 15.4. The van der Waals surface area contributed by atoms with Gasteiger partial charge in [0.2, 0.25) is 0 Å². The van der Waals surface area contributed by atoms with E-state index < -0.39 is 5.97 Å². The van der Waals surface area contributed by atoms with E-state index in [2.05, 4.69) is 26.2 Å². The summed E-state index contributed by atoms with van der Waals surface area (Å²) in [6.07, 6.45) is 1.62. The van der Waals surface area contributed by atoms with Gasteiger partial charge in [-0.1, -0.05) is 42.5 Å². The number of carbonyl (C=O) groups excluding carboxylic acids is 2. The Morgan fingerprint density at radius 3 is 2.72 bits per heavy atom. The molecule has 3 rings (SSSR count). The highest BCUT2D eigenvalue weighted by molar-refractivity contribution is 9.10. The summed E-state index contributed by atoms with van der Waals surface area (Å²) in [5.74, 6) is -0.918. The smallest absolute Gasteiger partial charge is 0.355 e. The normalized spacial score (nSPS) is 11.9. The van der Waals surface area contributed by atoms with Gasteiger partial charge in [0.25, 0.3) is 5.91 Å². The lowest BCUT2D eigenvalue weighted by atomic mass is 10.00. The zero-order chi connectivity index (χ0) is 17.8. The van der Waals surface area contributed by atoms with E-state index in [1.165, 1.54) is 0 Å². The van der Waals surface area contributed by atoms with Gasteiger partial charge in [0.1, 0.15) is 5.69 Å². The molecule has 2 aromatic carbocycles. The maximum atomic E-state index is 12.1. The fraction of sp³-hybridized carbons (Fsp3) is 0.158. The summed E-state index contributed by atoms with van der Waals surface area (Å²) in [4.78, 5) is 26.7. The lowest BCUT2D eigenvalue weighted by molar-refractivity contribution is -0.124. The zero-order valence-electron chi connectivity index (χ0n) is 13.6. The summed E-state index contributed by atoms with van der Waals surface area (Å²) in [6.45, 7) is 1.58. The molecule has 0 aliphatic rings. The number of amides is 1. The van der Waals surface area contributed by atoms with Crippen LogP contribution >= 0.6 is 15.9 Å². The number of H-pyrrole nitrogens is 1. The molecule has 6 heteroatoms. The second-order valence-electron chi connectivity index (χ2n) is 5.67. The molecule has 0 aliphatic carbocycles. The average Bonchev–Trinajstić information content (AvgIpc) is 3.05. The number of rotatable bonds is 5. The second kappa shape index (κ2) is 7.53. The Hall–Kier alpha value is -2.60. The van der Waals surface area contributed by atoms with Crippen LogP contribution in [0.1, 0.15) is 29.0 Å². The Labute approximate surface area is 153 Å². The summed E-state index contributed by atoms with van der Waals surface area (Å²) < 4.78 is 5.77. The number of halogens is 1. The number of benzene rings is 2. The molecule has 0 fully saturated rings. The van der Waals surface area contributed by atoms with Crippen molar-refractivity contribution in [2.45, 2.75) is 13.0 Å². The topological polar surface area (TPSA) is 71.2 Å². The Balaban J connectivity index is 1.61. The third-order valence-electron chi connectivity index (χ3n) is 3.87. The van der Waals surface area contributed by atoms with E-state index in [1.54, 1.807) is 12.3 Å². The molecule has 3 aromatic rings. The van der Waals surface area contributed by atoms with Crippen molar-refractivity contribution in [3.05, 3.63) is 70.5 Å². The Kier molecular flexibility index (Phi) is 5.19. The Bertz CT molecular complexity index is 914. The summed E-state index contributed by atoms with van der Waals surface area (Å²) in [5.41, 5.74) is 1.31. The monoisotopic (exact) mass is 400 g/mol. The number of ether oxygens (including phenoxy) is 1. The van der Waals surface area contributed by atoms with Gasteiger partial charge < -0.3 is 15.0 Å². The van der Waals surface area contributed by atoms with Crippen LogP contribution < -0.4 is 5.32 Å². The highest BCUT2D eigenvalue weighted by atomic mass is 79.9. The van der Waals surface area contributed by atoms with Crippen molar-refractivity contribution in [3.8, 4) is 0 Å². The molecule has 1 heterocycles. The first-order chi connectivity index (χ1) is 12.0. The lowest BCUT2D eigenvalue weighted by Gasteiger charge is -2.16. The van der Waals surface area contributed by atoms with Crippen molar-refractivity contribution >= 4 is 38.6 Å². The van der Waals surface area contributed by atoms with Crippen LogP contribution in [0.15, 0.2) is 59.2 Å². The number of fused-ring (bicyclic) bond motifs is 1. The van der Waals surface area contributed by atoms with E-state index in [4.69, 9.17) is 4.74 Å². The maximum absolute atomic E-state index is 12.1. The number of nitrogens with one attached hydrogen (secondary N) is 2. The fourth-order valence-electron chi connectivity index (χ4n) is 2.68. The summed E-state index contributed by atoms with van der Waals surface area (Å²) in [5, 5.41) is 5.07. The number of hydrogen-bond donors (Lipinski definition) is 2. The van der Waals surface area contributed by atoms with Crippen molar-refractivity contribution in [1.82, 2.24) is 10.3 Å². The molecule has 2 N–H and O–H groups in total. The van der Waals surface area contributed by atoms with Crippen LogP contribution in [0.2, 0.25) is 0 Å². The molecule has 1 atom stereocenters. The third-order valence-corrected chi connectivity index (χ3v) is 4.33. The van der Waals surface area contributed by atoms with Crippen molar-refractivity contribution in [2.24, 2.45) is 0 Å². The van der Waals surface area contributed by atoms with Crippen LogP contribution in [0.3, 0.4) is 0 Å². The van der Waals surface area contributed by atoms with Gasteiger partial charge in [-0.15, -0.1) is 0 Å². The summed E-state index contributed by atoms with van der Waals surface area (Å²) in [7, 11) is 0. The van der Waals surface area contributed by atoms with Crippen molar-refractivity contribution < 1.29 is 14.3 Å². The minimum Gasteiger partial charge on any atom is -0.451 e. The Morgan fingerprint density at radius 2 is 1.96 bits per heavy atom. The largest absolute Gasteiger partial charge is 0.451 e. The van der Waals surface area contributed by atoms with Crippen molar-refractivity contribution in [2.75, 3.05) is 6.61 Å². The molecular weight excluding hydrogens is 384 g/mol. The zero-order valence-corrected chi connectivity index (χ0v) is 15.2. The van der Waals surface area contributed by atoms with Crippen LogP contribution in [-0.2, 0) is 9.53 Å². The third kappa shape index (κ3) is 4.09. The van der Waals surface area contributed by atoms with Crippen LogP contribution in [0.5, 0.6) is 0 Å². The molecular formula is C19H17BrN2O3. The van der Waals surface area contributed by atoms with Gasteiger partial charge in [-0.2, -0.15) is 0 Å². The van der Waals surface area contributed by atoms with Gasteiger partial charge >= 0.3 is 5.97 Å². The molecule has 0 radical (unpaired) electrons. The number of hydrogen-bond acceptors (Lipinski definition) is 3. The predicted octanol–water partition coefficient (Wildman–Crippen LogP) is 3.96. The summed E-state index contributed by atoms with van der Waals surface area (Å²) >= 11 is 3.24. The molecule has 1 amide bonds. The number of aromatic amines is 1. The molecule has 0 saturated heterocycles. The quantitative estimate of drug-likeness (QED) is 0.636. The average molecular weight is 401 g/mol. The molecule has 0 saturated carbocycles. The minimum absolute atomic E-state index is 0.197. The van der Waals surface area contributed by atoms with E-state index in [1.807, 2.05) is 49.4 Å². The van der Waals surface area contributed by atoms with E-state index >= 15 is 0 Å². The molecule has 5 nitrogen and oxygen atoms in total. The van der Waals surface area contributed by atoms with Crippen molar-refractivity contribution in [3.63, 3.8) is 0 Å². The fourth-order valence-corrected chi connectivity index (χ4v) is 3.03. The minimum atomic E-state index is -0.571. The number of esters is 1. The van der Waals surface area contributed by atoms with E-state index in [0.717, 1.165) is 20.8 Å². The lowest BCUT2D eigenvalue weighted by Crippen LogP contribution is -2.31. The number of carbonyl (C=O) groups is 2. The van der Waals surface area contributed by atoms with Gasteiger partial charge in [0, 0.05) is 10.7 Å². The standard InChI is InChI=1S/C19H17BrN2O3/c1-12(15-8-4-6-13-5-2-3-7-16(13)15)22-18(23)11-25-19(24)17-9-14(20)10-21-17/h2-10,12,21H,11H2,1H3,(H,22,23)/t12-/m1/s1. The van der Waals surface area contributed by atoms with Gasteiger partial charge in [-0.3, -0.25) is 4.79 Å². The highest BCUT2D eigenvalue weighted by Gasteiger charge is 2.15. The van der Waals surface area contributed by atoms with Gasteiger partial charge in [0.15, 0.2) is 6.61 Å². The molecule has 0 bridgehead atoms. The molecule has 0 spiro atoms. The highest BCUT2D eigenvalue weighted by Crippen LogP contribution is 2.23. The first-order valence-corrected chi connectivity index (χ1v) is 8.62. The first-order valence-electron chi connectivity index (χ1n) is 7.82. The van der Waals surface area contributed by atoms with E-state index in [-0.39, 0.29) is 18.6 Å². The molecule has 0 unspecified atom stereocenters. The first kappa shape index (κ1) is 17.2. The van der Waals surface area contributed by atoms with Gasteiger partial charge in [0.05, 0.1) is 6.04 Å². The van der Waals surface area contributed by atoms with Crippen LogP contribution in [0, 0.1) is 0 Å². The van der Waals surface area contributed by atoms with Crippen LogP contribution in [0.25, 0.3) is 10.8 Å². The molecule has 128 valence electrons. The molecule has 0 aliphatic heterocycles. The SMILES string of the molecule is C[C@@H](NC(=O)COC(=O)c1cc(Br)c[nH]1)c1cccc2ccccc12. The van der Waals surface area contributed by atoms with Gasteiger partial charge in [-0.05, 0) is 45.3 Å². The second-order valence-corrected chi connectivity index (χ2v) is 6.58. The Morgan fingerprint density at radius 1 is 1.20 bits per heavy atom. The van der Waals surface area contributed by atoms with Crippen LogP contribution in [-0.4, -0.2) is 23.5 Å².